The second-order valence-corrected chi connectivity index (χ2v) is 6.60. The Hall–Kier alpha value is 0.0578. The van der Waals surface area contributed by atoms with Gasteiger partial charge in [-0.05, 0) is 36.6 Å². The normalized spacial score (nSPS) is 22.2. The van der Waals surface area contributed by atoms with Crippen molar-refractivity contribution < 1.29 is 94.3 Å². The van der Waals surface area contributed by atoms with E-state index in [0.717, 1.165) is 5.56 Å². The van der Waals surface area contributed by atoms with E-state index in [2.05, 4.69) is 6.26 Å². The summed E-state index contributed by atoms with van der Waals surface area (Å²) in [5, 5.41) is 19.8. The Morgan fingerprint density at radius 1 is 1.29 bits per heavy atom. The third-order valence-corrected chi connectivity index (χ3v) is 4.69. The van der Waals surface area contributed by atoms with E-state index in [1.807, 2.05) is 6.07 Å². The van der Waals surface area contributed by atoms with Crippen LogP contribution in [0.15, 0.2) is 40.8 Å². The molecule has 6 nitrogen and oxygen atoms in total. The van der Waals surface area contributed by atoms with Crippen molar-refractivity contribution in [2.75, 3.05) is 13.2 Å². The van der Waals surface area contributed by atoms with Crippen LogP contribution in [0.1, 0.15) is 30.8 Å². The van der Waals surface area contributed by atoms with Crippen molar-refractivity contribution in [3.8, 4) is 5.75 Å². The van der Waals surface area contributed by atoms with Gasteiger partial charge in [0, 0.05) is 84.4 Å². The van der Waals surface area contributed by atoms with Crippen LogP contribution >= 0.6 is 0 Å². The Bertz CT molecular complexity index is 719. The van der Waals surface area contributed by atoms with Crippen LogP contribution in [-0.4, -0.2) is 35.3 Å². The van der Waals surface area contributed by atoms with E-state index in [0.29, 0.717) is 11.5 Å². The number of Topliss-reactive ketones (excluding diaryl/α,β-unsaturated/α-hetero) is 1. The average molecular weight is 537 g/mol. The molecule has 0 bridgehead atoms. The Morgan fingerprint density at radius 3 is 2.75 bits per heavy atom. The minimum atomic E-state index is -0.733. The van der Waals surface area contributed by atoms with E-state index in [1.54, 1.807) is 37.3 Å². The first-order chi connectivity index (χ1) is 12.5. The molecule has 2 aromatic rings. The third-order valence-electron chi connectivity index (χ3n) is 4.69. The van der Waals surface area contributed by atoms with Gasteiger partial charge < -0.3 is 24.1 Å². The van der Waals surface area contributed by atoms with Crippen LogP contribution in [0.4, 0.5) is 0 Å². The maximum Gasteiger partial charge on any atom is 0.142 e. The van der Waals surface area contributed by atoms with E-state index < -0.39 is 18.1 Å². The second-order valence-electron chi connectivity index (χ2n) is 6.60. The monoisotopic (exact) mass is 537 g/mol. The van der Waals surface area contributed by atoms with Gasteiger partial charge in [0.1, 0.15) is 11.5 Å². The third kappa shape index (κ3) is 7.08. The first-order valence-corrected chi connectivity index (χ1v) is 8.68. The Kier molecular flexibility index (Phi) is 11.8. The molecular weight excluding hydrogens is 514 g/mol. The fraction of sp³-hybridized carbons (Fsp3) is 0.450. The maximum absolute atomic E-state index is 12.2. The summed E-state index contributed by atoms with van der Waals surface area (Å²) < 4.78 is 16.4. The number of ether oxygens (including phenoxy) is 2. The maximum atomic E-state index is 12.2. The summed E-state index contributed by atoms with van der Waals surface area (Å²) in [7, 11) is 0. The van der Waals surface area contributed by atoms with Gasteiger partial charge in [0.2, 0.25) is 0 Å². The summed E-state index contributed by atoms with van der Waals surface area (Å²) in [5.74, 6) is 0.462. The minimum Gasteiger partial charge on any atom is -0.593 e. The number of carbonyl (C=O) groups is 1. The minimum absolute atomic E-state index is 0. The Labute approximate surface area is 215 Å². The van der Waals surface area contributed by atoms with Crippen LogP contribution in [-0.2, 0) is 81.6 Å². The molecule has 8 heteroatoms. The number of ketones is 1. The zero-order valence-electron chi connectivity index (χ0n) is 15.8. The van der Waals surface area contributed by atoms with Gasteiger partial charge in [-0.25, -0.2) is 0 Å². The van der Waals surface area contributed by atoms with E-state index in [4.69, 9.17) is 13.9 Å². The SMILES string of the molecule is CC(O)c1cccc(OC[C@H]2C(=O)CC(O)[C@@H]2COCc2cc[c-]o2)c1.[Y].[Y]. The van der Waals surface area contributed by atoms with E-state index in [-0.39, 0.29) is 103 Å². The Balaban J connectivity index is 0.00000196. The van der Waals surface area contributed by atoms with Crippen molar-refractivity contribution in [2.24, 2.45) is 11.8 Å². The van der Waals surface area contributed by atoms with Crippen LogP contribution in [0, 0.1) is 18.1 Å². The van der Waals surface area contributed by atoms with Crippen LogP contribution in [0.5, 0.6) is 5.75 Å². The molecule has 1 heterocycles. The molecule has 1 aromatic heterocycles. The van der Waals surface area contributed by atoms with Crippen LogP contribution < -0.4 is 4.74 Å². The summed E-state index contributed by atoms with van der Waals surface area (Å²) in [6, 6.07) is 10.5. The van der Waals surface area contributed by atoms with Crippen LogP contribution in [0.2, 0.25) is 0 Å². The molecule has 28 heavy (non-hydrogen) atoms. The smallest absolute Gasteiger partial charge is 0.142 e. The predicted octanol–water partition coefficient (Wildman–Crippen LogP) is 2.29. The van der Waals surface area contributed by atoms with Crippen molar-refractivity contribution in [2.45, 2.75) is 32.2 Å². The predicted molar refractivity (Wildman–Crippen MR) is 92.4 cm³/mol. The van der Waals surface area contributed by atoms with Gasteiger partial charge in [-0.1, -0.05) is 12.1 Å². The van der Waals surface area contributed by atoms with Gasteiger partial charge in [-0.15, -0.1) is 6.07 Å². The number of furan rings is 1. The quantitative estimate of drug-likeness (QED) is 0.503. The zero-order valence-corrected chi connectivity index (χ0v) is 21.5. The molecule has 0 spiro atoms. The van der Waals surface area contributed by atoms with Crippen LogP contribution in [0.3, 0.4) is 0 Å². The number of aliphatic hydroxyl groups excluding tert-OH is 2. The average Bonchev–Trinajstić information content (AvgIpc) is 3.22. The van der Waals surface area contributed by atoms with Crippen molar-refractivity contribution >= 4 is 5.78 Å². The van der Waals surface area contributed by atoms with Gasteiger partial charge in [-0.3, -0.25) is 4.79 Å². The van der Waals surface area contributed by atoms with Crippen LogP contribution in [0.25, 0.3) is 0 Å². The molecule has 2 radical (unpaired) electrons. The summed E-state index contributed by atoms with van der Waals surface area (Å²) >= 11 is 0. The number of hydrogen-bond acceptors (Lipinski definition) is 6. The molecule has 0 amide bonds. The molecule has 0 saturated heterocycles. The largest absolute Gasteiger partial charge is 0.593 e. The molecule has 0 aliphatic heterocycles. The van der Waals surface area contributed by atoms with E-state index in [9.17, 15) is 15.0 Å². The van der Waals surface area contributed by atoms with Gasteiger partial charge in [0.05, 0.1) is 31.3 Å². The van der Waals surface area contributed by atoms with Crippen molar-refractivity contribution in [3.63, 3.8) is 0 Å². The van der Waals surface area contributed by atoms with E-state index in [1.165, 1.54) is 0 Å². The summed E-state index contributed by atoms with van der Waals surface area (Å²) in [6.45, 7) is 2.36. The molecule has 1 saturated carbocycles. The first-order valence-electron chi connectivity index (χ1n) is 8.68. The molecule has 4 atom stereocenters. The molecule has 146 valence electrons. The topological polar surface area (TPSA) is 89.1 Å². The number of benzene rings is 1. The van der Waals surface area contributed by atoms with Gasteiger partial charge in [0.25, 0.3) is 0 Å². The zero-order chi connectivity index (χ0) is 18.5. The first kappa shape index (κ1) is 26.1. The Morgan fingerprint density at radius 2 is 2.07 bits per heavy atom. The number of hydrogen-bond donors (Lipinski definition) is 2. The standard InChI is InChI=1S/C20H23O6.2Y/c1-13(21)14-4-2-5-15(8-14)26-12-18-17(19(22)9-20(18)23)11-24-10-16-6-3-7-25-16;;/h2-6,8,13,17-19,21-22H,9-12H2,1H3;;/q-1;;/t13?,17-,18-,19?;;/m1../s1. The van der Waals surface area contributed by atoms with E-state index >= 15 is 0 Å². The van der Waals surface area contributed by atoms with Gasteiger partial charge >= 0.3 is 0 Å². The summed E-state index contributed by atoms with van der Waals surface area (Å²) in [6.07, 6.45) is 1.38. The molecule has 2 N–H and O–H groups in total. The fourth-order valence-corrected chi connectivity index (χ4v) is 3.15. The van der Waals surface area contributed by atoms with Gasteiger partial charge in [-0.2, -0.15) is 6.07 Å². The summed E-state index contributed by atoms with van der Waals surface area (Å²) in [4.78, 5) is 12.2. The molecule has 1 fully saturated rings. The van der Waals surface area contributed by atoms with Crippen molar-refractivity contribution in [1.29, 1.82) is 0 Å². The molecule has 1 aromatic carbocycles. The number of carbonyl (C=O) groups excluding carboxylic acids is 1. The second kappa shape index (κ2) is 12.7. The fourth-order valence-electron chi connectivity index (χ4n) is 3.15. The molecule has 1 aliphatic carbocycles. The van der Waals surface area contributed by atoms with Crippen molar-refractivity contribution in [3.05, 3.63) is 54.0 Å². The molecular formula is C20H23O6Y2-. The van der Waals surface area contributed by atoms with Crippen molar-refractivity contribution in [1.82, 2.24) is 0 Å². The molecule has 1 aliphatic rings. The van der Waals surface area contributed by atoms with Gasteiger partial charge in [0.15, 0.2) is 0 Å². The molecule has 3 rings (SSSR count). The number of aliphatic hydroxyl groups is 2. The summed E-state index contributed by atoms with van der Waals surface area (Å²) in [5.41, 5.74) is 0.746. The number of rotatable bonds is 8. The molecule has 2 unspecified atom stereocenters.